The number of carboxylic acid groups (broad SMARTS) is 1. The van der Waals surface area contributed by atoms with E-state index in [-0.39, 0.29) is 36.1 Å². The number of thioether (sulfide) groups is 1. The van der Waals surface area contributed by atoms with Gasteiger partial charge >= 0.3 is 12.6 Å². The molecule has 7 rings (SSSR count). The van der Waals surface area contributed by atoms with Gasteiger partial charge in [0.05, 0.1) is 11.2 Å². The lowest BCUT2D eigenvalue weighted by Crippen LogP contribution is -2.62. The zero-order valence-corrected chi connectivity index (χ0v) is 23.8. The molecule has 0 radical (unpaired) electrons. The fraction of sp³-hybridized carbons (Fsp3) is 0.767. The quantitative estimate of drug-likeness (QED) is 0.366. The zero-order valence-electron chi connectivity index (χ0n) is 23.0. The number of rotatable bonds is 9. The van der Waals surface area contributed by atoms with Crippen LogP contribution >= 0.6 is 11.8 Å². The van der Waals surface area contributed by atoms with E-state index in [1.54, 1.807) is 11.8 Å². The van der Waals surface area contributed by atoms with Crippen LogP contribution in [0.15, 0.2) is 17.2 Å². The highest BCUT2D eigenvalue weighted by Gasteiger charge is 2.57. The van der Waals surface area contributed by atoms with Crippen molar-refractivity contribution < 1.29 is 28.2 Å². The molecule has 2 N–H and O–H groups in total. The summed E-state index contributed by atoms with van der Waals surface area (Å²) < 4.78 is 31.6. The van der Waals surface area contributed by atoms with E-state index in [0.717, 1.165) is 55.9 Å². The van der Waals surface area contributed by atoms with Gasteiger partial charge in [-0.05, 0) is 93.6 Å². The third-order valence-electron chi connectivity index (χ3n) is 10.1. The Bertz CT molecular complexity index is 1080. The summed E-state index contributed by atoms with van der Waals surface area (Å²) in [7, 11) is 0. The summed E-state index contributed by atoms with van der Waals surface area (Å²) in [6.07, 6.45) is 11.7. The molecule has 7 nitrogen and oxygen atoms in total. The van der Waals surface area contributed by atoms with Crippen molar-refractivity contribution in [1.29, 1.82) is 0 Å². The van der Waals surface area contributed by atoms with Crippen molar-refractivity contribution in [2.45, 2.75) is 112 Å². The maximum atomic E-state index is 13.8. The lowest BCUT2D eigenvalue weighted by atomic mass is 9.52. The van der Waals surface area contributed by atoms with Crippen LogP contribution in [0, 0.1) is 23.7 Å². The van der Waals surface area contributed by atoms with Gasteiger partial charge in [0.2, 0.25) is 0 Å². The minimum atomic E-state index is -2.76. The van der Waals surface area contributed by atoms with Crippen molar-refractivity contribution in [3.63, 3.8) is 0 Å². The summed E-state index contributed by atoms with van der Waals surface area (Å²) in [6, 6.07) is 3.77. The summed E-state index contributed by atoms with van der Waals surface area (Å²) in [4.78, 5) is 32.3. The molecule has 2 unspecified atom stereocenters. The van der Waals surface area contributed by atoms with E-state index in [0.29, 0.717) is 42.5 Å². The highest BCUT2D eigenvalue weighted by molar-refractivity contribution is 7.99. The Morgan fingerprint density at radius 2 is 1.85 bits per heavy atom. The predicted octanol–water partition coefficient (Wildman–Crippen LogP) is 6.11. The molecular weight excluding hydrogens is 536 g/mol. The summed E-state index contributed by atoms with van der Waals surface area (Å²) in [5.74, 6) is 0.742. The molecule has 2 heterocycles. The predicted molar refractivity (Wildman–Crippen MR) is 149 cm³/mol. The number of aromatic nitrogens is 1. The number of pyridine rings is 1. The first kappa shape index (κ1) is 28.2. The molecule has 1 aliphatic heterocycles. The smallest absolute Gasteiger partial charge is 0.345 e. The maximum Gasteiger partial charge on any atom is 0.345 e. The number of carbonyl (C=O) groups is 2. The number of piperidine rings is 1. The molecule has 6 aliphatic rings. The molecule has 40 heavy (non-hydrogen) atoms. The Hall–Kier alpha value is -1.94. The van der Waals surface area contributed by atoms with Crippen molar-refractivity contribution in [3.8, 4) is 0 Å². The highest BCUT2D eigenvalue weighted by Crippen LogP contribution is 2.57. The summed E-state index contributed by atoms with van der Waals surface area (Å²) in [6.45, 7) is -1.27. The molecule has 6 fully saturated rings. The fourth-order valence-electron chi connectivity index (χ4n) is 8.64. The number of ether oxygens (including phenoxy) is 1. The van der Waals surface area contributed by atoms with Crippen LogP contribution in [0.4, 0.5) is 14.6 Å². The normalized spacial score (nSPS) is 33.9. The minimum absolute atomic E-state index is 0.0236. The second kappa shape index (κ2) is 11.7. The van der Waals surface area contributed by atoms with Crippen LogP contribution in [-0.4, -0.2) is 58.6 Å². The van der Waals surface area contributed by atoms with E-state index in [1.807, 2.05) is 12.1 Å². The van der Waals surface area contributed by atoms with Gasteiger partial charge in [-0.15, -0.1) is 11.8 Å². The van der Waals surface area contributed by atoms with Gasteiger partial charge < -0.3 is 20.1 Å². The van der Waals surface area contributed by atoms with Gasteiger partial charge in [-0.3, -0.25) is 9.59 Å². The molecule has 3 atom stereocenters. The topological polar surface area (TPSA) is 91.8 Å². The number of anilines is 1. The van der Waals surface area contributed by atoms with Gasteiger partial charge in [0, 0.05) is 30.8 Å². The number of alkyl halides is 2. The largest absolute Gasteiger partial charge is 0.481 e. The molecule has 10 heteroatoms. The number of nitrogens with one attached hydrogen (secondary N) is 1. The van der Waals surface area contributed by atoms with Crippen molar-refractivity contribution in [3.05, 3.63) is 17.7 Å². The summed E-state index contributed by atoms with van der Waals surface area (Å²) >= 11 is 1.71. The van der Waals surface area contributed by atoms with E-state index >= 15 is 0 Å². The van der Waals surface area contributed by atoms with Crippen molar-refractivity contribution in [2.75, 3.05) is 18.0 Å². The van der Waals surface area contributed by atoms with Crippen molar-refractivity contribution in [2.24, 2.45) is 23.7 Å². The first-order valence-corrected chi connectivity index (χ1v) is 16.1. The first-order valence-electron chi connectivity index (χ1n) is 15.2. The number of hydrogen-bond donors (Lipinski definition) is 2. The average Bonchev–Trinajstić information content (AvgIpc) is 2.90. The van der Waals surface area contributed by atoms with E-state index in [1.165, 1.54) is 19.3 Å². The maximum absolute atomic E-state index is 13.8. The van der Waals surface area contributed by atoms with Crippen LogP contribution in [-0.2, 0) is 9.53 Å². The Kier molecular flexibility index (Phi) is 8.28. The minimum Gasteiger partial charge on any atom is -0.481 e. The number of halogens is 2. The number of carbonyl (C=O) groups excluding carboxylic acids is 1. The monoisotopic (exact) mass is 577 g/mol. The van der Waals surface area contributed by atoms with Gasteiger partial charge in [0.15, 0.2) is 0 Å². The standard InChI is InChI=1S/C30H41F2N3O4S/c31-29(32)39-30-14-19-11-20(15-30)26(21(12-19)16-30)34-27(38)23-8-9-24(33-28(23)40-22-6-2-1-3-7-22)35-10-4-5-18(17-35)13-25(36)37/h8-9,18-22,26,29H,1-7,10-17H2,(H,34,38)(H,36,37)/t18-,19?,20?,21?,26-,30+/m0/s1. The van der Waals surface area contributed by atoms with E-state index < -0.39 is 18.2 Å². The van der Waals surface area contributed by atoms with Crippen LogP contribution in [0.1, 0.15) is 93.8 Å². The van der Waals surface area contributed by atoms with Crippen LogP contribution < -0.4 is 10.2 Å². The number of carboxylic acids is 1. The molecule has 0 aromatic carbocycles. The van der Waals surface area contributed by atoms with Crippen LogP contribution in [0.2, 0.25) is 0 Å². The Labute approximate surface area is 239 Å². The molecule has 1 saturated heterocycles. The average molecular weight is 578 g/mol. The van der Waals surface area contributed by atoms with Gasteiger partial charge in [0.25, 0.3) is 5.91 Å². The van der Waals surface area contributed by atoms with Gasteiger partial charge in [0.1, 0.15) is 10.8 Å². The van der Waals surface area contributed by atoms with Crippen molar-refractivity contribution in [1.82, 2.24) is 10.3 Å². The molecule has 5 saturated carbocycles. The van der Waals surface area contributed by atoms with Gasteiger partial charge in [-0.25, -0.2) is 4.98 Å². The molecule has 0 spiro atoms. The van der Waals surface area contributed by atoms with E-state index in [2.05, 4.69) is 10.2 Å². The van der Waals surface area contributed by atoms with Crippen LogP contribution in [0.5, 0.6) is 0 Å². The number of aliphatic carboxylic acids is 1. The summed E-state index contributed by atoms with van der Waals surface area (Å²) in [5.41, 5.74) is -0.143. The molecule has 1 aromatic rings. The zero-order chi connectivity index (χ0) is 27.9. The third kappa shape index (κ3) is 6.13. The molecule has 4 bridgehead atoms. The third-order valence-corrected chi connectivity index (χ3v) is 11.4. The Morgan fingerprint density at radius 3 is 2.55 bits per heavy atom. The lowest BCUT2D eigenvalue weighted by molar-refractivity contribution is -0.260. The van der Waals surface area contributed by atoms with Gasteiger partial charge in [-0.1, -0.05) is 19.3 Å². The number of hydrogen-bond acceptors (Lipinski definition) is 6. The highest BCUT2D eigenvalue weighted by atomic mass is 32.2. The SMILES string of the molecule is O=C(O)C[C@@H]1CCCN(c2ccc(C(=O)N[C@H]3C4CC5CC3C[C@@](OC(F)F)(C5)C4)c(SC3CCCCC3)n2)C1. The first-order chi connectivity index (χ1) is 19.3. The molecule has 220 valence electrons. The second-order valence-electron chi connectivity index (χ2n) is 13.0. The Balaban J connectivity index is 1.20. The molecular formula is C30H41F2N3O4S. The van der Waals surface area contributed by atoms with Crippen LogP contribution in [0.25, 0.3) is 0 Å². The number of amides is 1. The summed E-state index contributed by atoms with van der Waals surface area (Å²) in [5, 5.41) is 13.8. The van der Waals surface area contributed by atoms with Crippen LogP contribution in [0.3, 0.4) is 0 Å². The van der Waals surface area contributed by atoms with E-state index in [4.69, 9.17) is 9.72 Å². The fourth-order valence-corrected chi connectivity index (χ4v) is 9.96. The molecule has 5 aliphatic carbocycles. The molecule has 1 amide bonds. The van der Waals surface area contributed by atoms with Gasteiger partial charge in [-0.2, -0.15) is 8.78 Å². The lowest BCUT2D eigenvalue weighted by Gasteiger charge is -2.59. The molecule has 1 aromatic heterocycles. The van der Waals surface area contributed by atoms with E-state index in [9.17, 15) is 23.5 Å². The second-order valence-corrected chi connectivity index (χ2v) is 14.3. The number of nitrogens with zero attached hydrogens (tertiary/aromatic N) is 2. The Morgan fingerprint density at radius 1 is 1.10 bits per heavy atom. The van der Waals surface area contributed by atoms with Crippen molar-refractivity contribution >= 4 is 29.5 Å².